The van der Waals surface area contributed by atoms with Crippen LogP contribution in [0.5, 0.6) is 0 Å². The molecule has 2 rings (SSSR count). The zero-order valence-corrected chi connectivity index (χ0v) is 11.2. The van der Waals surface area contributed by atoms with Crippen molar-refractivity contribution in [3.05, 3.63) is 0 Å². The summed E-state index contributed by atoms with van der Waals surface area (Å²) in [6.45, 7) is 4.84. The van der Waals surface area contributed by atoms with Crippen molar-refractivity contribution in [3.8, 4) is 0 Å². The second-order valence-electron chi connectivity index (χ2n) is 5.87. The normalized spacial score (nSPS) is 36.2. The second-order valence-corrected chi connectivity index (χ2v) is 7.42. The van der Waals surface area contributed by atoms with Crippen molar-refractivity contribution in [1.82, 2.24) is 5.32 Å². The fraction of sp³-hybridized carbons (Fsp3) is 1.00. The van der Waals surface area contributed by atoms with Gasteiger partial charge in [-0.3, -0.25) is 0 Å². The van der Waals surface area contributed by atoms with Crippen molar-refractivity contribution in [2.45, 2.75) is 68.9 Å². The molecular formula is C13H25NS. The van der Waals surface area contributed by atoms with Gasteiger partial charge in [0.15, 0.2) is 0 Å². The first-order chi connectivity index (χ1) is 7.13. The van der Waals surface area contributed by atoms with Crippen molar-refractivity contribution in [1.29, 1.82) is 0 Å². The molecule has 2 unspecified atom stereocenters. The molecule has 2 heteroatoms. The Labute approximate surface area is 98.8 Å². The summed E-state index contributed by atoms with van der Waals surface area (Å²) >= 11 is 2.29. The van der Waals surface area contributed by atoms with Crippen molar-refractivity contribution in [3.63, 3.8) is 0 Å². The molecule has 0 bridgehead atoms. The van der Waals surface area contributed by atoms with Crippen LogP contribution in [0.2, 0.25) is 0 Å². The van der Waals surface area contributed by atoms with Gasteiger partial charge in [-0.1, -0.05) is 26.7 Å². The van der Waals surface area contributed by atoms with Gasteiger partial charge in [0.05, 0.1) is 0 Å². The van der Waals surface area contributed by atoms with Gasteiger partial charge in [0.1, 0.15) is 0 Å². The van der Waals surface area contributed by atoms with Gasteiger partial charge in [0, 0.05) is 16.5 Å². The molecule has 0 aromatic rings. The summed E-state index contributed by atoms with van der Waals surface area (Å²) in [6, 6.07) is 0.725. The van der Waals surface area contributed by atoms with E-state index in [4.69, 9.17) is 0 Å². The van der Waals surface area contributed by atoms with Crippen molar-refractivity contribution < 1.29 is 0 Å². The van der Waals surface area contributed by atoms with Gasteiger partial charge in [-0.25, -0.2) is 0 Å². The third-order valence-electron chi connectivity index (χ3n) is 4.27. The van der Waals surface area contributed by atoms with Crippen LogP contribution in [-0.4, -0.2) is 23.6 Å². The van der Waals surface area contributed by atoms with Gasteiger partial charge in [-0.15, -0.1) is 0 Å². The van der Waals surface area contributed by atoms with Crippen LogP contribution in [-0.2, 0) is 0 Å². The number of hydrogen-bond donors (Lipinski definition) is 1. The molecule has 0 amide bonds. The highest BCUT2D eigenvalue weighted by molar-refractivity contribution is 8.00. The summed E-state index contributed by atoms with van der Waals surface area (Å²) in [5, 5.41) is 5.40. The van der Waals surface area contributed by atoms with Crippen LogP contribution in [0.3, 0.4) is 0 Å². The molecule has 2 aliphatic rings. The zero-order valence-electron chi connectivity index (χ0n) is 10.4. The molecule has 0 spiro atoms. The van der Waals surface area contributed by atoms with Crippen LogP contribution < -0.4 is 5.32 Å². The Balaban J connectivity index is 1.91. The highest BCUT2D eigenvalue weighted by Gasteiger charge is 2.42. The average molecular weight is 227 g/mol. The predicted octanol–water partition coefficient (Wildman–Crippen LogP) is 3.44. The van der Waals surface area contributed by atoms with Crippen LogP contribution >= 0.6 is 11.8 Å². The van der Waals surface area contributed by atoms with Crippen molar-refractivity contribution >= 4 is 11.8 Å². The van der Waals surface area contributed by atoms with E-state index >= 15 is 0 Å². The Kier molecular flexibility index (Phi) is 3.67. The molecule has 2 atom stereocenters. The van der Waals surface area contributed by atoms with Crippen LogP contribution in [0.25, 0.3) is 0 Å². The van der Waals surface area contributed by atoms with E-state index in [-0.39, 0.29) is 0 Å². The summed E-state index contributed by atoms with van der Waals surface area (Å²) in [7, 11) is 2.14. The predicted molar refractivity (Wildman–Crippen MR) is 69.5 cm³/mol. The first-order valence-corrected chi connectivity index (χ1v) is 7.40. The van der Waals surface area contributed by atoms with E-state index in [1.807, 2.05) is 0 Å². The summed E-state index contributed by atoms with van der Waals surface area (Å²) < 4.78 is 0. The smallest absolute Gasteiger partial charge is 0.0234 e. The van der Waals surface area contributed by atoms with E-state index in [2.05, 4.69) is 38.0 Å². The fourth-order valence-corrected chi connectivity index (χ4v) is 5.35. The van der Waals surface area contributed by atoms with Gasteiger partial charge in [0.2, 0.25) is 0 Å². The molecule has 0 heterocycles. The molecule has 88 valence electrons. The highest BCUT2D eigenvalue weighted by atomic mass is 32.2. The maximum Gasteiger partial charge on any atom is 0.0234 e. The lowest BCUT2D eigenvalue weighted by molar-refractivity contribution is 0.300. The zero-order chi connectivity index (χ0) is 10.9. The first-order valence-electron chi connectivity index (χ1n) is 6.46. The molecule has 2 aliphatic carbocycles. The molecule has 0 aromatic carbocycles. The Morgan fingerprint density at radius 1 is 1.13 bits per heavy atom. The lowest BCUT2D eigenvalue weighted by Gasteiger charge is -2.31. The van der Waals surface area contributed by atoms with E-state index in [9.17, 15) is 0 Å². The van der Waals surface area contributed by atoms with Gasteiger partial charge in [-0.05, 0) is 38.1 Å². The van der Waals surface area contributed by atoms with Crippen LogP contribution in [0.1, 0.15) is 52.4 Å². The van der Waals surface area contributed by atoms with E-state index in [1.54, 1.807) is 0 Å². The Morgan fingerprint density at radius 3 is 2.40 bits per heavy atom. The maximum atomic E-state index is 3.56. The molecule has 0 radical (unpaired) electrons. The van der Waals surface area contributed by atoms with E-state index < -0.39 is 0 Å². The number of rotatable bonds is 3. The SMILES string of the molecule is CNC1C(SC2CCCC2)CCC1(C)C. The molecule has 1 N–H and O–H groups in total. The number of thioether (sulfide) groups is 1. The molecular weight excluding hydrogens is 202 g/mol. The summed E-state index contributed by atoms with van der Waals surface area (Å²) in [5.74, 6) is 0. The van der Waals surface area contributed by atoms with E-state index in [0.29, 0.717) is 5.41 Å². The molecule has 1 nitrogen and oxygen atoms in total. The lowest BCUT2D eigenvalue weighted by atomic mass is 9.87. The average Bonchev–Trinajstić information content (AvgIpc) is 2.75. The van der Waals surface area contributed by atoms with Crippen LogP contribution in [0, 0.1) is 5.41 Å². The van der Waals surface area contributed by atoms with Crippen LogP contribution in [0.15, 0.2) is 0 Å². The largest absolute Gasteiger partial charge is 0.315 e. The molecule has 15 heavy (non-hydrogen) atoms. The van der Waals surface area contributed by atoms with Crippen molar-refractivity contribution in [2.75, 3.05) is 7.05 Å². The minimum Gasteiger partial charge on any atom is -0.315 e. The summed E-state index contributed by atoms with van der Waals surface area (Å²) in [4.78, 5) is 0. The Bertz CT molecular complexity index is 209. The van der Waals surface area contributed by atoms with Crippen LogP contribution in [0.4, 0.5) is 0 Å². The minimum atomic E-state index is 0.505. The third-order valence-corrected chi connectivity index (χ3v) is 5.98. The van der Waals surface area contributed by atoms with Gasteiger partial charge < -0.3 is 5.32 Å². The van der Waals surface area contributed by atoms with E-state index in [1.165, 1.54) is 38.5 Å². The second kappa shape index (κ2) is 4.67. The number of hydrogen-bond acceptors (Lipinski definition) is 2. The standard InChI is InChI=1S/C13H25NS/c1-13(2)9-8-11(12(13)14-3)15-10-6-4-5-7-10/h10-12,14H,4-9H2,1-3H3. The molecule has 2 fully saturated rings. The number of nitrogens with one attached hydrogen (secondary N) is 1. The first kappa shape index (κ1) is 11.8. The maximum absolute atomic E-state index is 3.56. The molecule has 0 aliphatic heterocycles. The fourth-order valence-electron chi connectivity index (χ4n) is 3.33. The molecule has 0 aromatic heterocycles. The Morgan fingerprint density at radius 2 is 1.80 bits per heavy atom. The minimum absolute atomic E-state index is 0.505. The van der Waals surface area contributed by atoms with Gasteiger partial charge >= 0.3 is 0 Å². The topological polar surface area (TPSA) is 12.0 Å². The van der Waals surface area contributed by atoms with Gasteiger partial charge in [0.25, 0.3) is 0 Å². The van der Waals surface area contributed by atoms with Gasteiger partial charge in [-0.2, -0.15) is 11.8 Å². The monoisotopic (exact) mass is 227 g/mol. The lowest BCUT2D eigenvalue weighted by Crippen LogP contribution is -2.41. The molecule has 2 saturated carbocycles. The van der Waals surface area contributed by atoms with Crippen molar-refractivity contribution in [2.24, 2.45) is 5.41 Å². The van der Waals surface area contributed by atoms with E-state index in [0.717, 1.165) is 16.5 Å². The summed E-state index contributed by atoms with van der Waals surface area (Å²) in [5.41, 5.74) is 0.505. The quantitative estimate of drug-likeness (QED) is 0.792. The Hall–Kier alpha value is 0.310. The molecule has 0 saturated heterocycles. The highest BCUT2D eigenvalue weighted by Crippen LogP contribution is 2.46. The third kappa shape index (κ3) is 2.52. The summed E-state index contributed by atoms with van der Waals surface area (Å²) in [6.07, 6.45) is 8.69.